The number of thiophene rings is 1. The van der Waals surface area contributed by atoms with Crippen molar-refractivity contribution in [1.29, 1.82) is 0 Å². The average Bonchev–Trinajstić information content (AvgIpc) is 3.73. The molecule has 5 heteroatoms. The van der Waals surface area contributed by atoms with E-state index in [0.717, 1.165) is 0 Å². The Morgan fingerprint density at radius 2 is 1.07 bits per heavy atom. The Morgan fingerprint density at radius 3 is 1.91 bits per heavy atom. The fourth-order valence-corrected chi connectivity index (χ4v) is 9.34. The summed E-state index contributed by atoms with van der Waals surface area (Å²) in [5.74, 6) is 0. The van der Waals surface area contributed by atoms with Gasteiger partial charge in [0.15, 0.2) is 0 Å². The van der Waals surface area contributed by atoms with E-state index in [-0.39, 0.29) is 6.71 Å². The van der Waals surface area contributed by atoms with Gasteiger partial charge in [-0.15, -0.1) is 11.3 Å². The Morgan fingerprint density at radius 1 is 0.465 bits per heavy atom. The van der Waals surface area contributed by atoms with Crippen molar-refractivity contribution in [2.45, 2.75) is 0 Å². The second-order valence-corrected chi connectivity index (χ2v) is 12.7. The number of nitrogens with zero attached hydrogens (tertiary/aromatic N) is 3. The van der Waals surface area contributed by atoms with Crippen molar-refractivity contribution in [1.82, 2.24) is 4.57 Å². The van der Waals surface area contributed by atoms with Crippen LogP contribution in [0, 0.1) is 0 Å². The topological polar surface area (TPSA) is 11.4 Å². The zero-order valence-electron chi connectivity index (χ0n) is 23.0. The van der Waals surface area contributed by atoms with E-state index in [1.165, 1.54) is 87.4 Å². The van der Waals surface area contributed by atoms with Crippen LogP contribution in [-0.4, -0.2) is 11.3 Å². The lowest BCUT2D eigenvalue weighted by Gasteiger charge is -2.41. The van der Waals surface area contributed by atoms with Crippen LogP contribution < -0.4 is 26.3 Å². The van der Waals surface area contributed by atoms with E-state index in [0.29, 0.717) is 0 Å². The lowest BCUT2D eigenvalue weighted by molar-refractivity contribution is 1.19. The van der Waals surface area contributed by atoms with Crippen molar-refractivity contribution in [3.63, 3.8) is 0 Å². The third kappa shape index (κ3) is 2.59. The van der Waals surface area contributed by atoms with Gasteiger partial charge in [0.25, 0.3) is 6.71 Å². The Hall–Kier alpha value is -5.26. The Labute approximate surface area is 252 Å². The minimum Gasteiger partial charge on any atom is -0.320 e. The van der Waals surface area contributed by atoms with Crippen LogP contribution >= 0.6 is 11.3 Å². The smallest absolute Gasteiger partial charge is 0.275 e. The van der Waals surface area contributed by atoms with Crippen molar-refractivity contribution in [2.24, 2.45) is 0 Å². The first kappa shape index (κ1) is 22.4. The van der Waals surface area contributed by atoms with E-state index in [1.54, 1.807) is 0 Å². The van der Waals surface area contributed by atoms with Crippen LogP contribution in [0.15, 0.2) is 133 Å². The quantitative estimate of drug-likeness (QED) is 0.196. The maximum absolute atomic E-state index is 2.55. The summed E-state index contributed by atoms with van der Waals surface area (Å²) in [7, 11) is 0. The fourth-order valence-electron chi connectivity index (χ4n) is 8.14. The van der Waals surface area contributed by atoms with Crippen LogP contribution in [0.1, 0.15) is 0 Å². The third-order valence-corrected chi connectivity index (χ3v) is 10.9. The van der Waals surface area contributed by atoms with Crippen molar-refractivity contribution >= 4 is 99.8 Å². The van der Waals surface area contributed by atoms with Crippen LogP contribution in [0.3, 0.4) is 0 Å². The highest BCUT2D eigenvalue weighted by molar-refractivity contribution is 7.26. The van der Waals surface area contributed by atoms with Gasteiger partial charge >= 0.3 is 0 Å². The minimum atomic E-state index is 0.178. The standard InChI is InChI=1S/C38H22BN3S/c1-2-11-23(12-3-1)40-28-17-9-18-29-34(28)39-35-30(19-10-20-31(35)42-27-16-6-4-14-26(27)36(40)38(39)42)41(29)32-21-8-15-25-24-13-5-7-22-33(24)43-37(25)32/h1-22H. The van der Waals surface area contributed by atoms with Crippen LogP contribution in [0.2, 0.25) is 0 Å². The molecule has 6 aromatic carbocycles. The second-order valence-electron chi connectivity index (χ2n) is 11.7. The van der Waals surface area contributed by atoms with Gasteiger partial charge in [0.05, 0.1) is 21.6 Å². The average molecular weight is 563 g/mol. The molecule has 0 N–H and O–H groups in total. The summed E-state index contributed by atoms with van der Waals surface area (Å²) in [6, 6.07) is 49.2. The number of fused-ring (bicyclic) bond motifs is 7. The van der Waals surface area contributed by atoms with E-state index in [2.05, 4.69) is 148 Å². The summed E-state index contributed by atoms with van der Waals surface area (Å²) in [6.07, 6.45) is 0. The number of anilines is 6. The molecule has 0 aliphatic carbocycles. The molecule has 0 fully saturated rings. The molecule has 3 nitrogen and oxygen atoms in total. The van der Waals surface area contributed by atoms with Gasteiger partial charge in [-0.25, -0.2) is 0 Å². The Kier molecular flexibility index (Phi) is 4.04. The summed E-state index contributed by atoms with van der Waals surface area (Å²) < 4.78 is 5.21. The summed E-state index contributed by atoms with van der Waals surface area (Å²) in [5, 5.41) is 3.95. The molecule has 0 radical (unpaired) electrons. The number of hydrogen-bond donors (Lipinski definition) is 0. The molecule has 3 aliphatic heterocycles. The predicted molar refractivity (Wildman–Crippen MR) is 184 cm³/mol. The minimum absolute atomic E-state index is 0.178. The number of para-hydroxylation sites is 2. The molecule has 5 heterocycles. The lowest BCUT2D eigenvalue weighted by Crippen LogP contribution is -2.59. The third-order valence-electron chi connectivity index (χ3n) is 9.68. The predicted octanol–water partition coefficient (Wildman–Crippen LogP) is 8.39. The van der Waals surface area contributed by atoms with E-state index < -0.39 is 0 Å². The first-order chi connectivity index (χ1) is 21.4. The van der Waals surface area contributed by atoms with Gasteiger partial charge in [0.1, 0.15) is 0 Å². The maximum atomic E-state index is 2.55. The van der Waals surface area contributed by atoms with Crippen LogP contribution in [0.4, 0.5) is 34.1 Å². The van der Waals surface area contributed by atoms with Crippen LogP contribution in [0.25, 0.3) is 36.8 Å². The van der Waals surface area contributed by atoms with Crippen molar-refractivity contribution in [3.05, 3.63) is 133 Å². The summed E-state index contributed by atoms with van der Waals surface area (Å²) >= 11 is 1.90. The molecule has 11 rings (SSSR count). The van der Waals surface area contributed by atoms with Gasteiger partial charge in [-0.3, -0.25) is 0 Å². The molecule has 0 spiro atoms. The molecule has 0 saturated heterocycles. The molecule has 198 valence electrons. The van der Waals surface area contributed by atoms with Gasteiger partial charge in [-0.2, -0.15) is 0 Å². The molecular weight excluding hydrogens is 541 g/mol. The molecule has 0 saturated carbocycles. The maximum Gasteiger partial charge on any atom is 0.275 e. The van der Waals surface area contributed by atoms with Gasteiger partial charge in [0.2, 0.25) is 0 Å². The summed E-state index contributed by atoms with van der Waals surface area (Å²) in [6.45, 7) is 0.178. The second kappa shape index (κ2) is 7.77. The molecule has 2 aromatic heterocycles. The number of hydrogen-bond acceptors (Lipinski definition) is 3. The molecule has 3 aliphatic rings. The molecule has 0 bridgehead atoms. The Bertz CT molecular complexity index is 2490. The molecule has 0 unspecified atom stereocenters. The van der Waals surface area contributed by atoms with Gasteiger partial charge in [-0.1, -0.05) is 78.9 Å². The van der Waals surface area contributed by atoms with Crippen molar-refractivity contribution in [3.8, 4) is 5.69 Å². The van der Waals surface area contributed by atoms with Gasteiger partial charge < -0.3 is 14.4 Å². The fraction of sp³-hybridized carbons (Fsp3) is 0. The SMILES string of the molecule is c1ccc(N2c3cccc4c3B3c5c(cccc5-n5c3c2c2ccccc25)N4c2cccc3c2sc2ccccc23)cc1. The van der Waals surface area contributed by atoms with E-state index in [9.17, 15) is 0 Å². The lowest BCUT2D eigenvalue weighted by atomic mass is 9.36. The Balaban J connectivity index is 1.31. The first-order valence-corrected chi connectivity index (χ1v) is 15.7. The van der Waals surface area contributed by atoms with Crippen LogP contribution in [-0.2, 0) is 0 Å². The molecule has 0 amide bonds. The normalized spacial score (nSPS) is 13.9. The summed E-state index contributed by atoms with van der Waals surface area (Å²) in [5.41, 5.74) is 14.3. The number of rotatable bonds is 2. The highest BCUT2D eigenvalue weighted by Crippen LogP contribution is 2.51. The number of aromatic nitrogens is 1. The first-order valence-electron chi connectivity index (χ1n) is 14.8. The van der Waals surface area contributed by atoms with Gasteiger partial charge in [-0.05, 0) is 65.5 Å². The summed E-state index contributed by atoms with van der Waals surface area (Å²) in [4.78, 5) is 5.06. The van der Waals surface area contributed by atoms with Crippen molar-refractivity contribution < 1.29 is 0 Å². The van der Waals surface area contributed by atoms with Crippen LogP contribution in [0.5, 0.6) is 0 Å². The van der Waals surface area contributed by atoms with E-state index >= 15 is 0 Å². The highest BCUT2D eigenvalue weighted by atomic mass is 32.1. The monoisotopic (exact) mass is 563 g/mol. The van der Waals surface area contributed by atoms with Crippen molar-refractivity contribution in [2.75, 3.05) is 9.80 Å². The molecular formula is C38H22BN3S. The molecule has 43 heavy (non-hydrogen) atoms. The molecule has 0 atom stereocenters. The zero-order chi connectivity index (χ0) is 27.8. The zero-order valence-corrected chi connectivity index (χ0v) is 23.8. The van der Waals surface area contributed by atoms with E-state index in [1.807, 2.05) is 11.3 Å². The highest BCUT2D eigenvalue weighted by Gasteiger charge is 2.51. The molecule has 8 aromatic rings. The van der Waals surface area contributed by atoms with E-state index in [4.69, 9.17) is 0 Å². The number of benzene rings is 6. The van der Waals surface area contributed by atoms with Gasteiger partial charge in [0, 0.05) is 54.9 Å². The largest absolute Gasteiger partial charge is 0.320 e.